The number of ether oxygens (including phenoxy) is 1. The highest BCUT2D eigenvalue weighted by atomic mass is 16.5. The fourth-order valence-electron chi connectivity index (χ4n) is 7.37. The first-order chi connectivity index (χ1) is 18.8. The summed E-state index contributed by atoms with van der Waals surface area (Å²) in [6, 6.07) is 22.4. The van der Waals surface area contributed by atoms with Crippen molar-refractivity contribution in [1.82, 2.24) is 0 Å². The predicted molar refractivity (Wildman–Crippen MR) is 168 cm³/mol. The minimum absolute atomic E-state index is 0.121. The van der Waals surface area contributed by atoms with Crippen molar-refractivity contribution in [1.29, 1.82) is 0 Å². The van der Waals surface area contributed by atoms with E-state index in [1.165, 1.54) is 73.6 Å². The summed E-state index contributed by atoms with van der Waals surface area (Å²) >= 11 is 0. The van der Waals surface area contributed by atoms with E-state index in [1.807, 2.05) is 0 Å². The molecule has 1 heteroatoms. The molecule has 8 atom stereocenters. The zero-order chi connectivity index (χ0) is 27.8. The zero-order valence-corrected chi connectivity index (χ0v) is 25.6. The van der Waals surface area contributed by atoms with Crippen LogP contribution in [0.1, 0.15) is 116 Å². The molecule has 2 aliphatic carbocycles. The second-order valence-electron chi connectivity index (χ2n) is 13.5. The Kier molecular flexibility index (Phi) is 11.1. The second-order valence-corrected chi connectivity index (χ2v) is 13.5. The molecule has 2 aliphatic rings. The van der Waals surface area contributed by atoms with Gasteiger partial charge < -0.3 is 4.74 Å². The first-order valence-corrected chi connectivity index (χ1v) is 15.8. The molecule has 212 valence electrons. The standard InChI is InChI=1S/C38H54O/c1-27(2)17-21-31-23-19-29(5)25-35(31)37(33-13-9-7-10-14-33)39-38(34-15-11-8-12-16-34)36-26-30(6)20-24-32(36)22-18-28(3)4/h7-18,29-32,35-38H,19-26H2,1-6H3/t29-,30-,31-,32-,35?,36?,37?,38?/m1/s1. The molecule has 1 nitrogen and oxygen atoms in total. The maximum atomic E-state index is 7.63. The molecular weight excluding hydrogens is 472 g/mol. The first kappa shape index (κ1) is 29.9. The summed E-state index contributed by atoms with van der Waals surface area (Å²) in [5.74, 6) is 3.92. The summed E-state index contributed by atoms with van der Waals surface area (Å²) in [7, 11) is 0. The van der Waals surface area contributed by atoms with E-state index in [0.717, 1.165) is 11.8 Å². The van der Waals surface area contributed by atoms with Gasteiger partial charge in [-0.25, -0.2) is 0 Å². The lowest BCUT2D eigenvalue weighted by Crippen LogP contribution is -2.35. The Morgan fingerprint density at radius 3 is 1.38 bits per heavy atom. The number of hydrogen-bond acceptors (Lipinski definition) is 1. The number of rotatable bonds is 10. The van der Waals surface area contributed by atoms with Gasteiger partial charge in [0.1, 0.15) is 0 Å². The Morgan fingerprint density at radius 1 is 0.641 bits per heavy atom. The molecule has 39 heavy (non-hydrogen) atoms. The molecule has 0 radical (unpaired) electrons. The Bertz CT molecular complexity index is 957. The van der Waals surface area contributed by atoms with Crippen LogP contribution in [0.3, 0.4) is 0 Å². The van der Waals surface area contributed by atoms with Gasteiger partial charge in [0, 0.05) is 0 Å². The summed E-state index contributed by atoms with van der Waals surface area (Å²) in [5.41, 5.74) is 5.60. The molecule has 4 rings (SSSR count). The van der Waals surface area contributed by atoms with Crippen LogP contribution in [-0.2, 0) is 4.74 Å². The van der Waals surface area contributed by atoms with Gasteiger partial charge in [-0.05, 0) is 113 Å². The molecule has 2 aromatic rings. The van der Waals surface area contributed by atoms with Gasteiger partial charge in [0.25, 0.3) is 0 Å². The number of allylic oxidation sites excluding steroid dienone is 4. The summed E-state index contributed by atoms with van der Waals surface area (Å²) in [4.78, 5) is 0. The Hall–Kier alpha value is -2.12. The summed E-state index contributed by atoms with van der Waals surface area (Å²) < 4.78 is 7.63. The van der Waals surface area contributed by atoms with Crippen LogP contribution in [0.5, 0.6) is 0 Å². The largest absolute Gasteiger partial charge is 0.365 e. The third-order valence-electron chi connectivity index (χ3n) is 9.61. The van der Waals surface area contributed by atoms with Crippen LogP contribution in [-0.4, -0.2) is 0 Å². The molecule has 2 fully saturated rings. The normalized spacial score (nSPS) is 28.8. The van der Waals surface area contributed by atoms with Crippen molar-refractivity contribution in [3.8, 4) is 0 Å². The lowest BCUT2D eigenvalue weighted by Gasteiger charge is -2.45. The zero-order valence-electron chi connectivity index (χ0n) is 25.6. The molecule has 0 N–H and O–H groups in total. The number of hydrogen-bond donors (Lipinski definition) is 0. The van der Waals surface area contributed by atoms with Gasteiger partial charge >= 0.3 is 0 Å². The third-order valence-corrected chi connectivity index (χ3v) is 9.61. The maximum absolute atomic E-state index is 7.63. The molecule has 4 unspecified atom stereocenters. The van der Waals surface area contributed by atoms with Crippen LogP contribution in [0.4, 0.5) is 0 Å². The van der Waals surface area contributed by atoms with Crippen LogP contribution in [0, 0.1) is 35.5 Å². The van der Waals surface area contributed by atoms with E-state index >= 15 is 0 Å². The average Bonchev–Trinajstić information content (AvgIpc) is 2.93. The average molecular weight is 527 g/mol. The minimum Gasteiger partial charge on any atom is -0.365 e. The third kappa shape index (κ3) is 8.43. The van der Waals surface area contributed by atoms with Crippen molar-refractivity contribution in [2.75, 3.05) is 0 Å². The number of benzene rings is 2. The molecule has 2 saturated carbocycles. The van der Waals surface area contributed by atoms with E-state index < -0.39 is 0 Å². The second kappa shape index (κ2) is 14.5. The van der Waals surface area contributed by atoms with E-state index in [1.54, 1.807) is 0 Å². The molecule has 0 saturated heterocycles. The fraction of sp³-hybridized carbons (Fsp3) is 0.579. The Labute approximate surface area is 240 Å². The van der Waals surface area contributed by atoms with Crippen LogP contribution < -0.4 is 0 Å². The summed E-state index contributed by atoms with van der Waals surface area (Å²) in [6.45, 7) is 13.9. The highest BCUT2D eigenvalue weighted by molar-refractivity contribution is 5.22. The van der Waals surface area contributed by atoms with Gasteiger partial charge in [-0.2, -0.15) is 0 Å². The van der Waals surface area contributed by atoms with Gasteiger partial charge in [0.15, 0.2) is 0 Å². The topological polar surface area (TPSA) is 9.23 Å². The van der Waals surface area contributed by atoms with Crippen LogP contribution in [0.2, 0.25) is 0 Å². The SMILES string of the molecule is CC(C)=CC[C@@H]1CC[C@@H](C)CC1C(OC(c1ccccc1)C1C[C@H](C)CC[C@H]1CC=C(C)C)c1ccccc1. The lowest BCUT2D eigenvalue weighted by molar-refractivity contribution is -0.114. The van der Waals surface area contributed by atoms with E-state index in [4.69, 9.17) is 4.74 Å². The molecule has 2 aromatic carbocycles. The highest BCUT2D eigenvalue weighted by Crippen LogP contribution is 2.50. The van der Waals surface area contributed by atoms with Crippen molar-refractivity contribution in [2.24, 2.45) is 35.5 Å². The summed E-state index contributed by atoms with van der Waals surface area (Å²) in [5, 5.41) is 0. The molecule has 0 spiro atoms. The molecule has 0 amide bonds. The van der Waals surface area contributed by atoms with Gasteiger partial charge in [-0.3, -0.25) is 0 Å². The molecule has 0 aliphatic heterocycles. The minimum atomic E-state index is 0.121. The molecule has 0 bridgehead atoms. The molecule has 0 heterocycles. The maximum Gasteiger partial charge on any atom is 0.0864 e. The first-order valence-electron chi connectivity index (χ1n) is 15.8. The Morgan fingerprint density at radius 2 is 1.03 bits per heavy atom. The quantitative estimate of drug-likeness (QED) is 0.280. The van der Waals surface area contributed by atoms with E-state index in [-0.39, 0.29) is 12.2 Å². The van der Waals surface area contributed by atoms with E-state index in [2.05, 4.69) is 114 Å². The van der Waals surface area contributed by atoms with Crippen molar-refractivity contribution in [3.05, 3.63) is 95.1 Å². The summed E-state index contributed by atoms with van der Waals surface area (Å²) in [6.07, 6.45) is 15.3. The van der Waals surface area contributed by atoms with E-state index in [0.29, 0.717) is 23.7 Å². The lowest BCUT2D eigenvalue weighted by atomic mass is 9.68. The Balaban J connectivity index is 1.74. The highest BCUT2D eigenvalue weighted by Gasteiger charge is 2.41. The van der Waals surface area contributed by atoms with Gasteiger partial charge in [0.05, 0.1) is 12.2 Å². The van der Waals surface area contributed by atoms with Gasteiger partial charge in [-0.15, -0.1) is 0 Å². The van der Waals surface area contributed by atoms with E-state index in [9.17, 15) is 0 Å². The van der Waals surface area contributed by atoms with Crippen molar-refractivity contribution in [2.45, 2.75) is 105 Å². The molecule has 0 aromatic heterocycles. The monoisotopic (exact) mass is 526 g/mol. The fourth-order valence-corrected chi connectivity index (χ4v) is 7.37. The van der Waals surface area contributed by atoms with Crippen molar-refractivity contribution >= 4 is 0 Å². The predicted octanol–water partition coefficient (Wildman–Crippen LogP) is 11.3. The van der Waals surface area contributed by atoms with Crippen molar-refractivity contribution < 1.29 is 4.74 Å². The van der Waals surface area contributed by atoms with Gasteiger partial charge in [-0.1, -0.05) is 111 Å². The van der Waals surface area contributed by atoms with Crippen molar-refractivity contribution in [3.63, 3.8) is 0 Å². The van der Waals surface area contributed by atoms with Crippen LogP contribution in [0.15, 0.2) is 84.0 Å². The van der Waals surface area contributed by atoms with Gasteiger partial charge in [0.2, 0.25) is 0 Å². The van der Waals surface area contributed by atoms with Crippen LogP contribution >= 0.6 is 0 Å². The van der Waals surface area contributed by atoms with Crippen LogP contribution in [0.25, 0.3) is 0 Å². The molecular formula is C38H54O. The smallest absolute Gasteiger partial charge is 0.0864 e.